The van der Waals surface area contributed by atoms with Crippen LogP contribution in [-0.4, -0.2) is 0 Å². The van der Waals surface area contributed by atoms with Gasteiger partial charge in [0.05, 0.1) is 0 Å². The van der Waals surface area contributed by atoms with Crippen LogP contribution in [0, 0.1) is 0 Å². The van der Waals surface area contributed by atoms with E-state index in [9.17, 15) is 5.11 Å². The molecule has 2 nitrogen and oxygen atoms in total. The topological polar surface area (TPSA) is 26.9 Å². The summed E-state index contributed by atoms with van der Waals surface area (Å²) in [6.45, 7) is 0. The molecule has 3 rings (SSSR count). The molecule has 0 atom stereocenters. The maximum absolute atomic E-state index is 11.1. The van der Waals surface area contributed by atoms with Crippen LogP contribution in [0.3, 0.4) is 0 Å². The van der Waals surface area contributed by atoms with Gasteiger partial charge in [0.15, 0.2) is 12.4 Å². The van der Waals surface area contributed by atoms with Crippen molar-refractivity contribution in [1.82, 2.24) is 0 Å². The Balaban J connectivity index is 1.93. The first kappa shape index (κ1) is 11.5. The average molecular weight is 247 g/mol. The van der Waals surface area contributed by atoms with Gasteiger partial charge in [0.1, 0.15) is 0 Å². The standard InChI is InChI=1S/C17H13NO/c19-17-8-6-16(7-9-17)18-12-10-15(11-13-18)14-4-2-1-3-5-14/h1-13H. The number of benzene rings is 2. The van der Waals surface area contributed by atoms with Crippen molar-refractivity contribution in [2.24, 2.45) is 0 Å². The Hall–Kier alpha value is -2.61. The normalized spacial score (nSPS) is 10.3. The number of nitrogens with zero attached hydrogens (tertiary/aromatic N) is 1. The van der Waals surface area contributed by atoms with Crippen molar-refractivity contribution in [3.8, 4) is 22.6 Å². The number of hydrogen-bond acceptors (Lipinski definition) is 1. The molecule has 92 valence electrons. The molecule has 2 heteroatoms. The number of hydrogen-bond donors (Lipinski definition) is 0. The second-order valence-corrected chi connectivity index (χ2v) is 4.35. The van der Waals surface area contributed by atoms with Gasteiger partial charge < -0.3 is 5.11 Å². The minimum absolute atomic E-state index is 0.0326. The number of rotatable bonds is 2. The smallest absolute Gasteiger partial charge is 0.210 e. The molecule has 1 aromatic heterocycles. The first-order valence-electron chi connectivity index (χ1n) is 6.17. The van der Waals surface area contributed by atoms with Gasteiger partial charge in [-0.15, -0.1) is 5.75 Å². The minimum Gasteiger partial charge on any atom is -0.872 e. The quantitative estimate of drug-likeness (QED) is 0.640. The fourth-order valence-corrected chi connectivity index (χ4v) is 2.04. The van der Waals surface area contributed by atoms with Crippen molar-refractivity contribution < 1.29 is 9.67 Å². The summed E-state index contributed by atoms with van der Waals surface area (Å²) in [6, 6.07) is 21.2. The van der Waals surface area contributed by atoms with Crippen LogP contribution in [0.1, 0.15) is 0 Å². The zero-order chi connectivity index (χ0) is 13.1. The Morgan fingerprint density at radius 2 is 1.21 bits per heavy atom. The molecule has 19 heavy (non-hydrogen) atoms. The molecule has 0 bridgehead atoms. The molecule has 0 aliphatic rings. The van der Waals surface area contributed by atoms with Gasteiger partial charge in [-0.25, -0.2) is 0 Å². The highest BCUT2D eigenvalue weighted by Gasteiger charge is 2.05. The van der Waals surface area contributed by atoms with Gasteiger partial charge in [-0.2, -0.15) is 4.57 Å². The number of aromatic nitrogens is 1. The Bertz CT molecular complexity index is 658. The van der Waals surface area contributed by atoms with Gasteiger partial charge in [0, 0.05) is 24.3 Å². The highest BCUT2D eigenvalue weighted by Crippen LogP contribution is 2.17. The van der Waals surface area contributed by atoms with E-state index in [0.29, 0.717) is 0 Å². The van der Waals surface area contributed by atoms with Gasteiger partial charge in [-0.3, -0.25) is 0 Å². The van der Waals surface area contributed by atoms with Gasteiger partial charge in [-0.1, -0.05) is 42.5 Å². The second kappa shape index (κ2) is 4.94. The van der Waals surface area contributed by atoms with E-state index in [4.69, 9.17) is 0 Å². The van der Waals surface area contributed by atoms with Gasteiger partial charge in [-0.05, 0) is 11.1 Å². The summed E-state index contributed by atoms with van der Waals surface area (Å²) in [5.74, 6) is 0.0326. The monoisotopic (exact) mass is 247 g/mol. The van der Waals surface area contributed by atoms with Crippen molar-refractivity contribution in [1.29, 1.82) is 0 Å². The van der Waals surface area contributed by atoms with Crippen molar-refractivity contribution in [2.45, 2.75) is 0 Å². The number of pyridine rings is 1. The Morgan fingerprint density at radius 1 is 0.632 bits per heavy atom. The fraction of sp³-hybridized carbons (Fsp3) is 0. The van der Waals surface area contributed by atoms with Crippen LogP contribution in [-0.2, 0) is 0 Å². The first-order chi connectivity index (χ1) is 9.33. The summed E-state index contributed by atoms with van der Waals surface area (Å²) >= 11 is 0. The summed E-state index contributed by atoms with van der Waals surface area (Å²) in [7, 11) is 0. The predicted octanol–water partition coefficient (Wildman–Crippen LogP) is 2.70. The lowest BCUT2D eigenvalue weighted by Crippen LogP contribution is -2.28. The molecule has 0 N–H and O–H groups in total. The molecule has 0 saturated heterocycles. The third-order valence-electron chi connectivity index (χ3n) is 3.07. The first-order valence-corrected chi connectivity index (χ1v) is 6.17. The summed E-state index contributed by atoms with van der Waals surface area (Å²) < 4.78 is 1.99. The lowest BCUT2D eigenvalue weighted by atomic mass is 10.1. The van der Waals surface area contributed by atoms with Crippen LogP contribution in [0.15, 0.2) is 79.1 Å². The zero-order valence-corrected chi connectivity index (χ0v) is 10.4. The molecule has 2 aromatic carbocycles. The van der Waals surface area contributed by atoms with Crippen molar-refractivity contribution in [3.63, 3.8) is 0 Å². The maximum Gasteiger partial charge on any atom is 0.210 e. The molecule has 3 aromatic rings. The molecule has 0 amide bonds. The Labute approximate surface area is 112 Å². The van der Waals surface area contributed by atoms with Crippen molar-refractivity contribution in [2.75, 3.05) is 0 Å². The van der Waals surface area contributed by atoms with Crippen LogP contribution < -0.4 is 9.67 Å². The van der Waals surface area contributed by atoms with E-state index in [1.165, 1.54) is 11.1 Å². The van der Waals surface area contributed by atoms with Crippen LogP contribution in [0.25, 0.3) is 16.8 Å². The van der Waals surface area contributed by atoms with Crippen LogP contribution >= 0.6 is 0 Å². The van der Waals surface area contributed by atoms with Gasteiger partial charge in [0.2, 0.25) is 5.69 Å². The lowest BCUT2D eigenvalue weighted by Gasteiger charge is -2.03. The van der Waals surface area contributed by atoms with E-state index in [1.54, 1.807) is 12.1 Å². The lowest BCUT2D eigenvalue weighted by molar-refractivity contribution is -0.595. The predicted molar refractivity (Wildman–Crippen MR) is 72.9 cm³/mol. The molecule has 0 radical (unpaired) electrons. The zero-order valence-electron chi connectivity index (χ0n) is 10.4. The summed E-state index contributed by atoms with van der Waals surface area (Å²) in [4.78, 5) is 0. The fourth-order valence-electron chi connectivity index (χ4n) is 2.04. The van der Waals surface area contributed by atoms with E-state index in [1.807, 2.05) is 47.3 Å². The largest absolute Gasteiger partial charge is 0.872 e. The summed E-state index contributed by atoms with van der Waals surface area (Å²) in [5.41, 5.74) is 3.36. The molecular weight excluding hydrogens is 234 g/mol. The summed E-state index contributed by atoms with van der Waals surface area (Å²) in [5, 5.41) is 11.1. The second-order valence-electron chi connectivity index (χ2n) is 4.35. The SMILES string of the molecule is [O-]c1ccc(-[n+]2ccc(-c3ccccc3)cc2)cc1. The highest BCUT2D eigenvalue weighted by molar-refractivity contribution is 5.61. The van der Waals surface area contributed by atoms with Crippen LogP contribution in [0.4, 0.5) is 0 Å². The van der Waals surface area contributed by atoms with Gasteiger partial charge in [0.25, 0.3) is 0 Å². The third kappa shape index (κ3) is 2.47. The van der Waals surface area contributed by atoms with E-state index >= 15 is 0 Å². The molecule has 0 unspecified atom stereocenters. The molecule has 0 saturated carbocycles. The van der Waals surface area contributed by atoms with Crippen molar-refractivity contribution >= 4 is 0 Å². The average Bonchev–Trinajstić information content (AvgIpc) is 2.49. The van der Waals surface area contributed by atoms with Gasteiger partial charge >= 0.3 is 0 Å². The maximum atomic E-state index is 11.1. The van der Waals surface area contributed by atoms with Crippen molar-refractivity contribution in [3.05, 3.63) is 79.1 Å². The molecule has 0 fully saturated rings. The van der Waals surface area contributed by atoms with E-state index < -0.39 is 0 Å². The molecule has 0 aliphatic carbocycles. The molecule has 0 aliphatic heterocycles. The third-order valence-corrected chi connectivity index (χ3v) is 3.07. The Kier molecular flexibility index (Phi) is 2.99. The Morgan fingerprint density at radius 3 is 1.84 bits per heavy atom. The molecule has 0 spiro atoms. The molecular formula is C17H13NO. The van der Waals surface area contributed by atoms with E-state index in [2.05, 4.69) is 24.3 Å². The highest BCUT2D eigenvalue weighted by atomic mass is 16.3. The summed E-state index contributed by atoms with van der Waals surface area (Å²) in [6.07, 6.45) is 4.00. The van der Waals surface area contributed by atoms with E-state index in [0.717, 1.165) is 5.69 Å². The molecule has 1 heterocycles. The van der Waals surface area contributed by atoms with E-state index in [-0.39, 0.29) is 5.75 Å². The minimum atomic E-state index is 0.0326. The van der Waals surface area contributed by atoms with Crippen LogP contribution in [0.2, 0.25) is 0 Å². The van der Waals surface area contributed by atoms with Crippen LogP contribution in [0.5, 0.6) is 5.75 Å².